The SMILES string of the molecule is CCOCSc1cccc(CNC(C)(C)C)c1. The molecule has 1 rings (SSSR count). The molecule has 0 bridgehead atoms. The van der Waals surface area contributed by atoms with Crippen LogP contribution in [-0.4, -0.2) is 18.1 Å². The van der Waals surface area contributed by atoms with Crippen molar-refractivity contribution in [2.45, 2.75) is 44.7 Å². The molecule has 0 amide bonds. The molecule has 17 heavy (non-hydrogen) atoms. The van der Waals surface area contributed by atoms with Gasteiger partial charge in [-0.05, 0) is 45.4 Å². The molecule has 0 aliphatic heterocycles. The summed E-state index contributed by atoms with van der Waals surface area (Å²) in [5.41, 5.74) is 1.48. The number of nitrogens with one attached hydrogen (secondary N) is 1. The van der Waals surface area contributed by atoms with Crippen LogP contribution in [0.15, 0.2) is 29.2 Å². The highest BCUT2D eigenvalue weighted by molar-refractivity contribution is 7.99. The first-order chi connectivity index (χ1) is 8.01. The third kappa shape index (κ3) is 6.71. The van der Waals surface area contributed by atoms with Crippen molar-refractivity contribution in [3.63, 3.8) is 0 Å². The fraction of sp³-hybridized carbons (Fsp3) is 0.571. The summed E-state index contributed by atoms with van der Waals surface area (Å²) in [6.45, 7) is 10.2. The van der Waals surface area contributed by atoms with Gasteiger partial charge < -0.3 is 10.1 Å². The van der Waals surface area contributed by atoms with Crippen molar-refractivity contribution in [1.82, 2.24) is 5.32 Å². The summed E-state index contributed by atoms with van der Waals surface area (Å²) in [6.07, 6.45) is 0. The summed E-state index contributed by atoms with van der Waals surface area (Å²) >= 11 is 1.74. The molecule has 0 heterocycles. The van der Waals surface area contributed by atoms with Crippen LogP contribution in [0.2, 0.25) is 0 Å². The fourth-order valence-electron chi connectivity index (χ4n) is 1.31. The van der Waals surface area contributed by atoms with Crippen molar-refractivity contribution in [1.29, 1.82) is 0 Å². The Morgan fingerprint density at radius 3 is 2.71 bits per heavy atom. The van der Waals surface area contributed by atoms with Gasteiger partial charge in [0.15, 0.2) is 0 Å². The monoisotopic (exact) mass is 253 g/mol. The average Bonchev–Trinajstić information content (AvgIpc) is 2.27. The molecule has 1 aromatic rings. The highest BCUT2D eigenvalue weighted by Crippen LogP contribution is 2.19. The zero-order valence-corrected chi connectivity index (χ0v) is 12.1. The van der Waals surface area contributed by atoms with Crippen LogP contribution in [-0.2, 0) is 11.3 Å². The van der Waals surface area contributed by atoms with Crippen LogP contribution in [0.5, 0.6) is 0 Å². The van der Waals surface area contributed by atoms with E-state index in [1.807, 2.05) is 6.92 Å². The number of hydrogen-bond acceptors (Lipinski definition) is 3. The minimum Gasteiger partial charge on any atom is -0.371 e. The fourth-order valence-corrected chi connectivity index (χ4v) is 2.10. The summed E-state index contributed by atoms with van der Waals surface area (Å²) in [7, 11) is 0. The smallest absolute Gasteiger partial charge is 0.0966 e. The van der Waals surface area contributed by atoms with E-state index in [2.05, 4.69) is 50.4 Å². The lowest BCUT2D eigenvalue weighted by molar-refractivity contribution is 0.199. The third-order valence-corrected chi connectivity index (χ3v) is 3.11. The first-order valence-corrected chi connectivity index (χ1v) is 7.04. The van der Waals surface area contributed by atoms with Crippen molar-refractivity contribution in [3.8, 4) is 0 Å². The van der Waals surface area contributed by atoms with Crippen molar-refractivity contribution in [3.05, 3.63) is 29.8 Å². The lowest BCUT2D eigenvalue weighted by Gasteiger charge is -2.20. The first kappa shape index (κ1) is 14.6. The summed E-state index contributed by atoms with van der Waals surface area (Å²) in [6, 6.07) is 8.62. The summed E-state index contributed by atoms with van der Waals surface area (Å²) in [5.74, 6) is 0.729. The van der Waals surface area contributed by atoms with Crippen molar-refractivity contribution in [2.24, 2.45) is 0 Å². The van der Waals surface area contributed by atoms with E-state index in [0.717, 1.165) is 19.1 Å². The molecular weight excluding hydrogens is 230 g/mol. The molecule has 1 aromatic carbocycles. The zero-order valence-electron chi connectivity index (χ0n) is 11.2. The Kier molecular flexibility index (Phi) is 6.03. The molecule has 0 saturated heterocycles. The van der Waals surface area contributed by atoms with Gasteiger partial charge >= 0.3 is 0 Å². The lowest BCUT2D eigenvalue weighted by Crippen LogP contribution is -2.35. The van der Waals surface area contributed by atoms with E-state index >= 15 is 0 Å². The second-order valence-electron chi connectivity index (χ2n) is 5.01. The Bertz CT molecular complexity index is 333. The van der Waals surface area contributed by atoms with Crippen molar-refractivity contribution >= 4 is 11.8 Å². The van der Waals surface area contributed by atoms with Gasteiger partial charge in [0.2, 0.25) is 0 Å². The van der Waals surface area contributed by atoms with Gasteiger partial charge in [-0.1, -0.05) is 23.9 Å². The number of thioether (sulfide) groups is 1. The van der Waals surface area contributed by atoms with Gasteiger partial charge in [-0.25, -0.2) is 0 Å². The molecule has 0 atom stereocenters. The summed E-state index contributed by atoms with van der Waals surface area (Å²) in [5, 5.41) is 3.49. The maximum Gasteiger partial charge on any atom is 0.0966 e. The van der Waals surface area contributed by atoms with Gasteiger partial charge in [0.1, 0.15) is 0 Å². The molecule has 0 aliphatic rings. The van der Waals surface area contributed by atoms with Crippen LogP contribution < -0.4 is 5.32 Å². The Morgan fingerprint density at radius 2 is 2.06 bits per heavy atom. The van der Waals surface area contributed by atoms with Crippen LogP contribution in [0.4, 0.5) is 0 Å². The predicted octanol–water partition coefficient (Wildman–Crippen LogP) is 3.66. The van der Waals surface area contributed by atoms with Gasteiger partial charge in [-0.2, -0.15) is 0 Å². The molecule has 0 unspecified atom stereocenters. The molecule has 0 saturated carbocycles. The summed E-state index contributed by atoms with van der Waals surface area (Å²) < 4.78 is 5.34. The lowest BCUT2D eigenvalue weighted by atomic mass is 10.1. The Morgan fingerprint density at radius 1 is 1.29 bits per heavy atom. The van der Waals surface area contributed by atoms with E-state index in [1.165, 1.54) is 10.5 Å². The molecule has 0 spiro atoms. The first-order valence-electron chi connectivity index (χ1n) is 6.06. The summed E-state index contributed by atoms with van der Waals surface area (Å²) in [4.78, 5) is 1.27. The van der Waals surface area contributed by atoms with Gasteiger partial charge in [0.25, 0.3) is 0 Å². The van der Waals surface area contributed by atoms with Crippen LogP contribution in [0.3, 0.4) is 0 Å². The van der Waals surface area contributed by atoms with Crippen LogP contribution in [0.1, 0.15) is 33.3 Å². The predicted molar refractivity (Wildman–Crippen MR) is 75.4 cm³/mol. The molecule has 3 heteroatoms. The molecule has 2 nitrogen and oxygen atoms in total. The third-order valence-electron chi connectivity index (χ3n) is 2.23. The van der Waals surface area contributed by atoms with E-state index in [9.17, 15) is 0 Å². The molecule has 0 aromatic heterocycles. The molecule has 96 valence electrons. The molecule has 0 radical (unpaired) electrons. The number of benzene rings is 1. The van der Waals surface area contributed by atoms with Crippen LogP contribution >= 0.6 is 11.8 Å². The Balaban J connectivity index is 2.48. The topological polar surface area (TPSA) is 21.3 Å². The Labute approximate surface area is 109 Å². The molecule has 1 N–H and O–H groups in total. The number of rotatable bonds is 6. The maximum absolute atomic E-state index is 5.34. The van der Waals surface area contributed by atoms with Gasteiger partial charge in [0.05, 0.1) is 5.94 Å². The second kappa shape index (κ2) is 7.04. The standard InChI is InChI=1S/C14H23NOS/c1-5-16-11-17-13-8-6-7-12(9-13)10-15-14(2,3)4/h6-9,15H,5,10-11H2,1-4H3. The van der Waals surface area contributed by atoms with Crippen LogP contribution in [0.25, 0.3) is 0 Å². The van der Waals surface area contributed by atoms with E-state index in [4.69, 9.17) is 4.74 Å². The number of ether oxygens (including phenoxy) is 1. The minimum absolute atomic E-state index is 0.161. The van der Waals surface area contributed by atoms with Crippen LogP contribution in [0, 0.1) is 0 Å². The average molecular weight is 253 g/mol. The minimum atomic E-state index is 0.161. The highest BCUT2D eigenvalue weighted by Gasteiger charge is 2.08. The largest absolute Gasteiger partial charge is 0.371 e. The van der Waals surface area contributed by atoms with Gasteiger partial charge in [0, 0.05) is 23.6 Å². The molecular formula is C14H23NOS. The second-order valence-corrected chi connectivity index (χ2v) is 6.00. The van der Waals surface area contributed by atoms with E-state index in [0.29, 0.717) is 0 Å². The van der Waals surface area contributed by atoms with Crippen molar-refractivity contribution < 1.29 is 4.74 Å². The molecule has 0 aliphatic carbocycles. The highest BCUT2D eigenvalue weighted by atomic mass is 32.2. The Hall–Kier alpha value is -0.510. The zero-order chi connectivity index (χ0) is 12.7. The normalized spacial score (nSPS) is 11.8. The number of hydrogen-bond donors (Lipinski definition) is 1. The van der Waals surface area contributed by atoms with Gasteiger partial charge in [-0.15, -0.1) is 0 Å². The quantitative estimate of drug-likeness (QED) is 0.475. The van der Waals surface area contributed by atoms with E-state index in [1.54, 1.807) is 11.8 Å². The maximum atomic E-state index is 5.34. The van der Waals surface area contributed by atoms with E-state index < -0.39 is 0 Å². The van der Waals surface area contributed by atoms with Crippen molar-refractivity contribution in [2.75, 3.05) is 12.5 Å². The molecule has 0 fully saturated rings. The van der Waals surface area contributed by atoms with E-state index in [-0.39, 0.29) is 5.54 Å². The van der Waals surface area contributed by atoms with Gasteiger partial charge in [-0.3, -0.25) is 0 Å².